The van der Waals surface area contributed by atoms with Crippen molar-refractivity contribution in [2.45, 2.75) is 6.42 Å². The van der Waals surface area contributed by atoms with E-state index in [0.29, 0.717) is 48.2 Å². The van der Waals surface area contributed by atoms with Gasteiger partial charge in [0, 0.05) is 36.3 Å². The average molecular weight is 411 g/mol. The van der Waals surface area contributed by atoms with Gasteiger partial charge in [0.1, 0.15) is 5.82 Å². The van der Waals surface area contributed by atoms with Gasteiger partial charge in [0.05, 0.1) is 19.9 Å². The Kier molecular flexibility index (Phi) is 5.28. The van der Waals surface area contributed by atoms with Crippen LogP contribution in [0.2, 0.25) is 0 Å². The number of aromatic nitrogens is 2. The number of hydrogen-bond donors (Lipinski definition) is 3. The van der Waals surface area contributed by atoms with Crippen LogP contribution < -0.4 is 25.8 Å². The molecule has 156 valence electrons. The number of amides is 1. The van der Waals surface area contributed by atoms with E-state index in [2.05, 4.69) is 15.7 Å². The van der Waals surface area contributed by atoms with Crippen molar-refractivity contribution in [1.29, 1.82) is 0 Å². The van der Waals surface area contributed by atoms with Crippen LogP contribution in [0, 0.1) is 5.82 Å². The molecule has 0 aliphatic heterocycles. The molecule has 0 radical (unpaired) electrons. The van der Waals surface area contributed by atoms with Crippen molar-refractivity contribution in [3.05, 3.63) is 53.3 Å². The minimum absolute atomic E-state index is 0.311. The first-order valence-corrected chi connectivity index (χ1v) is 9.43. The Morgan fingerprint density at radius 3 is 2.70 bits per heavy atom. The van der Waals surface area contributed by atoms with Crippen LogP contribution in [-0.4, -0.2) is 43.1 Å². The number of ether oxygens (including phenoxy) is 2. The fraction of sp³-hybridized carbons (Fsp3) is 0.238. The van der Waals surface area contributed by atoms with Crippen molar-refractivity contribution in [2.24, 2.45) is 5.73 Å². The average Bonchev–Trinajstić information content (AvgIpc) is 3.28. The molecule has 1 aliphatic rings. The molecule has 0 fully saturated rings. The summed E-state index contributed by atoms with van der Waals surface area (Å²) in [5.74, 6) is 1.27. The molecule has 0 unspecified atom stereocenters. The quantitative estimate of drug-likeness (QED) is 0.451. The number of carbonyl (C=O) groups excluding carboxylic acids is 1. The highest BCUT2D eigenvalue weighted by molar-refractivity contribution is 5.90. The molecule has 9 heteroatoms. The molecule has 1 aromatic heterocycles. The van der Waals surface area contributed by atoms with Crippen LogP contribution >= 0.6 is 0 Å². The zero-order chi connectivity index (χ0) is 21.3. The van der Waals surface area contributed by atoms with Gasteiger partial charge in [-0.1, -0.05) is 6.07 Å². The van der Waals surface area contributed by atoms with Crippen LogP contribution in [0.5, 0.6) is 11.5 Å². The number of nitrogens with zero attached hydrogens (tertiary/aromatic N) is 2. The molecular weight excluding hydrogens is 389 g/mol. The summed E-state index contributed by atoms with van der Waals surface area (Å²) in [6, 6.07) is 9.40. The number of hydrogen-bond acceptors (Lipinski definition) is 6. The molecule has 8 nitrogen and oxygen atoms in total. The van der Waals surface area contributed by atoms with E-state index in [1.807, 2.05) is 12.1 Å². The van der Waals surface area contributed by atoms with Gasteiger partial charge in [-0.25, -0.2) is 9.18 Å². The van der Waals surface area contributed by atoms with Crippen molar-refractivity contribution >= 4 is 17.5 Å². The van der Waals surface area contributed by atoms with E-state index in [9.17, 15) is 9.18 Å². The van der Waals surface area contributed by atoms with Gasteiger partial charge in [-0.3, -0.25) is 0 Å². The van der Waals surface area contributed by atoms with Gasteiger partial charge < -0.3 is 25.8 Å². The van der Waals surface area contributed by atoms with Crippen LogP contribution in [0.15, 0.2) is 36.4 Å². The van der Waals surface area contributed by atoms with E-state index in [4.69, 9.17) is 15.2 Å². The SMILES string of the molecule is COc1cc2c(cc1OC)-c1c(c(Nc3cccc(F)c3)nn1C(=O)NCCN)C2. The van der Waals surface area contributed by atoms with Crippen LogP contribution in [0.4, 0.5) is 20.7 Å². The van der Waals surface area contributed by atoms with Crippen molar-refractivity contribution < 1.29 is 18.7 Å². The number of methoxy groups -OCH3 is 2. The Balaban J connectivity index is 1.82. The summed E-state index contributed by atoms with van der Waals surface area (Å²) < 4.78 is 25.8. The number of nitrogens with two attached hydrogens (primary N) is 1. The lowest BCUT2D eigenvalue weighted by Gasteiger charge is -2.12. The minimum Gasteiger partial charge on any atom is -0.493 e. The molecule has 30 heavy (non-hydrogen) atoms. The molecule has 1 heterocycles. The zero-order valence-corrected chi connectivity index (χ0v) is 16.7. The highest BCUT2D eigenvalue weighted by atomic mass is 19.1. The normalized spacial score (nSPS) is 11.6. The highest BCUT2D eigenvalue weighted by Crippen LogP contribution is 2.45. The minimum atomic E-state index is -0.397. The van der Waals surface area contributed by atoms with Gasteiger partial charge in [-0.05, 0) is 35.9 Å². The van der Waals surface area contributed by atoms with Crippen LogP contribution in [-0.2, 0) is 6.42 Å². The second kappa shape index (κ2) is 8.03. The fourth-order valence-electron chi connectivity index (χ4n) is 3.58. The third-order valence-electron chi connectivity index (χ3n) is 4.92. The maximum Gasteiger partial charge on any atom is 0.342 e. The molecule has 0 spiro atoms. The third kappa shape index (κ3) is 3.43. The van der Waals surface area contributed by atoms with Gasteiger partial charge in [-0.15, -0.1) is 5.10 Å². The van der Waals surface area contributed by atoms with Crippen LogP contribution in [0.3, 0.4) is 0 Å². The predicted molar refractivity (Wildman–Crippen MR) is 111 cm³/mol. The number of benzene rings is 2. The standard InChI is InChI=1S/C21H22FN5O3/c1-29-17-9-12-8-16-19(15(12)11-18(17)30-2)27(21(28)24-7-6-23)26-20(16)25-14-5-3-4-13(22)10-14/h3-5,9-11H,6-8,23H2,1-2H3,(H,24,28)(H,25,26). The summed E-state index contributed by atoms with van der Waals surface area (Å²) in [5.41, 5.74) is 9.33. The van der Waals surface area contributed by atoms with Gasteiger partial charge in [0.2, 0.25) is 0 Å². The van der Waals surface area contributed by atoms with E-state index in [1.54, 1.807) is 26.4 Å². The second-order valence-corrected chi connectivity index (χ2v) is 6.78. The summed E-state index contributed by atoms with van der Waals surface area (Å²) in [4.78, 5) is 12.8. The highest BCUT2D eigenvalue weighted by Gasteiger charge is 2.31. The van der Waals surface area contributed by atoms with E-state index in [1.165, 1.54) is 16.8 Å². The molecule has 1 aliphatic carbocycles. The number of halogens is 1. The summed E-state index contributed by atoms with van der Waals surface area (Å²) in [7, 11) is 3.13. The monoisotopic (exact) mass is 411 g/mol. The lowest BCUT2D eigenvalue weighted by atomic mass is 10.1. The van der Waals surface area contributed by atoms with Gasteiger partial charge in [0.15, 0.2) is 17.3 Å². The fourth-order valence-corrected chi connectivity index (χ4v) is 3.58. The van der Waals surface area contributed by atoms with Crippen molar-refractivity contribution in [3.63, 3.8) is 0 Å². The first-order chi connectivity index (χ1) is 14.5. The maximum absolute atomic E-state index is 13.6. The van der Waals surface area contributed by atoms with E-state index in [0.717, 1.165) is 16.7 Å². The first-order valence-electron chi connectivity index (χ1n) is 9.43. The molecular formula is C21H22FN5O3. The van der Waals surface area contributed by atoms with Gasteiger partial charge in [0.25, 0.3) is 0 Å². The van der Waals surface area contributed by atoms with Crippen molar-refractivity contribution in [1.82, 2.24) is 15.1 Å². The molecule has 0 atom stereocenters. The van der Waals surface area contributed by atoms with Crippen molar-refractivity contribution in [3.8, 4) is 22.8 Å². The molecule has 4 rings (SSSR count). The maximum atomic E-state index is 13.6. The summed E-state index contributed by atoms with van der Waals surface area (Å²) >= 11 is 0. The topological polar surface area (TPSA) is 103 Å². The Hall–Kier alpha value is -3.59. The molecule has 0 bridgehead atoms. The molecule has 2 aromatic carbocycles. The number of anilines is 2. The van der Waals surface area contributed by atoms with Crippen molar-refractivity contribution in [2.75, 3.05) is 32.6 Å². The Morgan fingerprint density at radius 1 is 1.23 bits per heavy atom. The third-order valence-corrected chi connectivity index (χ3v) is 4.92. The molecule has 0 saturated heterocycles. The Labute approximate surface area is 172 Å². The lowest BCUT2D eigenvalue weighted by Crippen LogP contribution is -2.33. The summed E-state index contributed by atoms with van der Waals surface area (Å²) in [6.45, 7) is 0.629. The number of fused-ring (bicyclic) bond motifs is 3. The number of nitrogens with one attached hydrogen (secondary N) is 2. The largest absolute Gasteiger partial charge is 0.493 e. The lowest BCUT2D eigenvalue weighted by molar-refractivity contribution is 0.240. The number of carbonyl (C=O) groups is 1. The van der Waals surface area contributed by atoms with E-state index < -0.39 is 6.03 Å². The Morgan fingerprint density at radius 2 is 2.00 bits per heavy atom. The molecule has 0 saturated carbocycles. The predicted octanol–water partition coefficient (Wildman–Crippen LogP) is 2.87. The van der Waals surface area contributed by atoms with Crippen LogP contribution in [0.25, 0.3) is 11.3 Å². The van der Waals surface area contributed by atoms with Gasteiger partial charge >= 0.3 is 6.03 Å². The smallest absolute Gasteiger partial charge is 0.342 e. The first kappa shape index (κ1) is 19.7. The van der Waals surface area contributed by atoms with Crippen LogP contribution in [0.1, 0.15) is 11.1 Å². The Bertz CT molecular complexity index is 1110. The summed E-state index contributed by atoms with van der Waals surface area (Å²) in [5, 5.41) is 10.3. The molecule has 3 aromatic rings. The van der Waals surface area contributed by atoms with E-state index in [-0.39, 0.29) is 5.82 Å². The van der Waals surface area contributed by atoms with E-state index >= 15 is 0 Å². The molecule has 1 amide bonds. The number of rotatable bonds is 6. The molecule has 4 N–H and O–H groups in total. The van der Waals surface area contributed by atoms with Gasteiger partial charge in [-0.2, -0.15) is 4.68 Å². The second-order valence-electron chi connectivity index (χ2n) is 6.78. The zero-order valence-electron chi connectivity index (χ0n) is 16.7. The summed E-state index contributed by atoms with van der Waals surface area (Å²) in [6.07, 6.45) is 0.535.